The summed E-state index contributed by atoms with van der Waals surface area (Å²) in [6, 6.07) is 11.6. The molecule has 3 aliphatic rings. The number of carbonyl (C=O) groups is 2. The predicted molar refractivity (Wildman–Crippen MR) is 96.3 cm³/mol. The van der Waals surface area contributed by atoms with E-state index in [0.717, 1.165) is 25.7 Å². The molecule has 0 saturated heterocycles. The van der Waals surface area contributed by atoms with E-state index in [-0.39, 0.29) is 23.4 Å². The second kappa shape index (κ2) is 5.53. The lowest BCUT2D eigenvalue weighted by molar-refractivity contribution is -0.146. The Hall–Kier alpha value is -1.94. The van der Waals surface area contributed by atoms with Crippen LogP contribution >= 0.6 is 11.3 Å². The van der Waals surface area contributed by atoms with Gasteiger partial charge in [-0.05, 0) is 42.8 Å². The van der Waals surface area contributed by atoms with Crippen molar-refractivity contribution in [2.24, 2.45) is 11.8 Å². The molecule has 2 aromatic rings. The van der Waals surface area contributed by atoms with Gasteiger partial charge in [0.15, 0.2) is 5.78 Å². The molecule has 128 valence electrons. The Morgan fingerprint density at radius 2 is 1.96 bits per heavy atom. The fraction of sp³-hybridized carbons (Fsp3) is 0.429. The third-order valence-corrected chi connectivity index (χ3v) is 7.31. The maximum atomic E-state index is 13.2. The minimum absolute atomic E-state index is 0.0246. The summed E-state index contributed by atoms with van der Waals surface area (Å²) in [6.07, 6.45) is 4.47. The monoisotopic (exact) mass is 352 g/mol. The van der Waals surface area contributed by atoms with Gasteiger partial charge in [0.25, 0.3) is 0 Å². The highest BCUT2D eigenvalue weighted by Crippen LogP contribution is 2.57. The van der Waals surface area contributed by atoms with Crippen LogP contribution < -0.4 is 4.74 Å². The molecule has 1 aliphatic heterocycles. The van der Waals surface area contributed by atoms with Crippen molar-refractivity contribution < 1.29 is 14.3 Å². The lowest BCUT2D eigenvalue weighted by atomic mass is 9.55. The summed E-state index contributed by atoms with van der Waals surface area (Å²) in [7, 11) is 0. The zero-order valence-electron chi connectivity index (χ0n) is 13.9. The van der Waals surface area contributed by atoms with E-state index in [1.807, 2.05) is 24.3 Å². The minimum Gasteiger partial charge on any atom is -0.485 e. The van der Waals surface area contributed by atoms with Crippen LogP contribution in [0.2, 0.25) is 0 Å². The lowest BCUT2D eigenvalue weighted by Crippen LogP contribution is -2.63. The number of hydrogen-bond acceptors (Lipinski definition) is 4. The van der Waals surface area contributed by atoms with Crippen molar-refractivity contribution in [2.75, 3.05) is 0 Å². The molecule has 3 nitrogen and oxygen atoms in total. The number of rotatable bonds is 1. The van der Waals surface area contributed by atoms with Crippen LogP contribution in [0.3, 0.4) is 0 Å². The van der Waals surface area contributed by atoms with Crippen LogP contribution in [0.1, 0.15) is 53.3 Å². The fourth-order valence-electron chi connectivity index (χ4n) is 5.32. The van der Waals surface area contributed by atoms with E-state index in [1.54, 1.807) is 17.4 Å². The van der Waals surface area contributed by atoms with Gasteiger partial charge in [0.2, 0.25) is 0 Å². The lowest BCUT2D eigenvalue weighted by Gasteiger charge is -2.55. The average Bonchev–Trinajstić information content (AvgIpc) is 3.15. The molecule has 1 aromatic carbocycles. The molecule has 2 fully saturated rings. The summed E-state index contributed by atoms with van der Waals surface area (Å²) in [4.78, 5) is 27.6. The largest absolute Gasteiger partial charge is 0.485 e. The molecule has 2 saturated carbocycles. The van der Waals surface area contributed by atoms with Crippen molar-refractivity contribution in [1.29, 1.82) is 0 Å². The van der Waals surface area contributed by atoms with Gasteiger partial charge >= 0.3 is 0 Å². The van der Waals surface area contributed by atoms with Gasteiger partial charge in [0.1, 0.15) is 23.1 Å². The Morgan fingerprint density at radius 1 is 1.08 bits per heavy atom. The first-order chi connectivity index (χ1) is 12.2. The molecule has 0 bridgehead atoms. The molecule has 4 atom stereocenters. The summed E-state index contributed by atoms with van der Waals surface area (Å²) in [5.74, 6) is 0.501. The highest BCUT2D eigenvalue weighted by Gasteiger charge is 2.62. The third kappa shape index (κ3) is 2.10. The normalized spacial score (nSPS) is 33.8. The average molecular weight is 352 g/mol. The number of ether oxygens (including phenoxy) is 1. The van der Waals surface area contributed by atoms with Crippen LogP contribution in [0.15, 0.2) is 41.8 Å². The minimum atomic E-state index is -0.645. The molecule has 0 N–H and O–H groups in total. The first-order valence-corrected chi connectivity index (χ1v) is 9.97. The molecule has 25 heavy (non-hydrogen) atoms. The Morgan fingerprint density at radius 3 is 2.80 bits per heavy atom. The molecule has 4 heteroatoms. The van der Waals surface area contributed by atoms with Gasteiger partial charge in [0, 0.05) is 23.1 Å². The topological polar surface area (TPSA) is 43.4 Å². The molecule has 1 aromatic heterocycles. The number of fused-ring (bicyclic) bond motifs is 1. The second-order valence-electron chi connectivity index (χ2n) is 7.50. The second-order valence-corrected chi connectivity index (χ2v) is 8.47. The van der Waals surface area contributed by atoms with E-state index in [0.29, 0.717) is 17.7 Å². The van der Waals surface area contributed by atoms with E-state index in [1.165, 1.54) is 4.88 Å². The van der Waals surface area contributed by atoms with Gasteiger partial charge < -0.3 is 4.74 Å². The van der Waals surface area contributed by atoms with Crippen molar-refractivity contribution in [3.05, 3.63) is 52.2 Å². The highest BCUT2D eigenvalue weighted by molar-refractivity contribution is 7.10. The van der Waals surface area contributed by atoms with E-state index in [4.69, 9.17) is 4.74 Å². The zero-order valence-corrected chi connectivity index (χ0v) is 14.8. The molecule has 2 aliphatic carbocycles. The molecular weight excluding hydrogens is 332 g/mol. The Balaban J connectivity index is 1.67. The Bertz CT molecular complexity index is 841. The van der Waals surface area contributed by atoms with Crippen LogP contribution in [0, 0.1) is 11.8 Å². The molecule has 1 unspecified atom stereocenters. The van der Waals surface area contributed by atoms with Gasteiger partial charge in [-0.15, -0.1) is 11.3 Å². The molecule has 5 rings (SSSR count). The summed E-state index contributed by atoms with van der Waals surface area (Å²) in [5, 5.41) is 2.07. The van der Waals surface area contributed by atoms with Crippen molar-refractivity contribution >= 4 is 22.9 Å². The van der Waals surface area contributed by atoms with Crippen LogP contribution in [0.5, 0.6) is 5.75 Å². The number of benzene rings is 1. The van der Waals surface area contributed by atoms with Gasteiger partial charge in [-0.1, -0.05) is 24.6 Å². The van der Waals surface area contributed by atoms with Gasteiger partial charge in [-0.2, -0.15) is 0 Å². The maximum Gasteiger partial charge on any atom is 0.181 e. The molecule has 0 radical (unpaired) electrons. The first kappa shape index (κ1) is 15.3. The number of ketones is 2. The number of para-hydroxylation sites is 1. The summed E-state index contributed by atoms with van der Waals surface area (Å²) < 4.78 is 6.56. The quantitative estimate of drug-likeness (QED) is 0.703. The van der Waals surface area contributed by atoms with Crippen molar-refractivity contribution in [2.45, 2.75) is 43.6 Å². The number of hydrogen-bond donors (Lipinski definition) is 0. The van der Waals surface area contributed by atoms with Crippen LogP contribution in [0.25, 0.3) is 0 Å². The van der Waals surface area contributed by atoms with Gasteiger partial charge in [-0.3, -0.25) is 9.59 Å². The van der Waals surface area contributed by atoms with Gasteiger partial charge in [-0.25, -0.2) is 0 Å². The molecule has 1 spiro atoms. The summed E-state index contributed by atoms with van der Waals surface area (Å²) in [6.45, 7) is 0. The maximum absolute atomic E-state index is 13.2. The van der Waals surface area contributed by atoms with Crippen molar-refractivity contribution in [3.8, 4) is 5.75 Å². The number of thiophene rings is 1. The van der Waals surface area contributed by atoms with Crippen molar-refractivity contribution in [3.63, 3.8) is 0 Å². The molecule has 0 amide bonds. The van der Waals surface area contributed by atoms with Gasteiger partial charge in [0.05, 0.1) is 5.56 Å². The standard InChI is InChI=1S/C21H20O3S/c22-16-12-14(18-9-5-11-25-18)15-7-3-4-10-21(15)19(16)20(23)13-6-1-2-8-17(13)24-21/h1-2,5-6,8-9,11,14-15,19H,3-4,7,10,12H2/t14-,15+,19?,21-/m0/s1. The zero-order chi connectivity index (χ0) is 17.0. The number of Topliss-reactive ketones (excluding diaryl/α,β-unsaturated/α-hetero) is 2. The van der Waals surface area contributed by atoms with Crippen LogP contribution in [-0.4, -0.2) is 17.2 Å². The fourth-order valence-corrected chi connectivity index (χ4v) is 6.21. The van der Waals surface area contributed by atoms with E-state index < -0.39 is 11.5 Å². The van der Waals surface area contributed by atoms with E-state index in [9.17, 15) is 9.59 Å². The van der Waals surface area contributed by atoms with Crippen LogP contribution in [0.4, 0.5) is 0 Å². The Kier molecular flexibility index (Phi) is 3.39. The predicted octanol–water partition coefficient (Wildman–Crippen LogP) is 4.63. The number of carbonyl (C=O) groups excluding carboxylic acids is 2. The first-order valence-electron chi connectivity index (χ1n) is 9.09. The summed E-state index contributed by atoms with van der Waals surface area (Å²) in [5.41, 5.74) is -0.0707. The van der Waals surface area contributed by atoms with Crippen LogP contribution in [-0.2, 0) is 4.79 Å². The van der Waals surface area contributed by atoms with Crippen molar-refractivity contribution in [1.82, 2.24) is 0 Å². The molecular formula is C21H20O3S. The van der Waals surface area contributed by atoms with E-state index in [2.05, 4.69) is 11.4 Å². The van der Waals surface area contributed by atoms with E-state index >= 15 is 0 Å². The smallest absolute Gasteiger partial charge is 0.181 e. The SMILES string of the molecule is O=C1C[C@H](c2cccs2)[C@H]2CCCC[C@]23Oc2ccccc2C(=O)C13. The summed E-state index contributed by atoms with van der Waals surface area (Å²) >= 11 is 1.72. The Labute approximate surface area is 151 Å². The molecule has 2 heterocycles. The third-order valence-electron chi connectivity index (χ3n) is 6.30. The highest BCUT2D eigenvalue weighted by atomic mass is 32.1.